The van der Waals surface area contributed by atoms with Crippen LogP contribution >= 0.6 is 23.6 Å². The highest BCUT2D eigenvalue weighted by molar-refractivity contribution is 7.71. The summed E-state index contributed by atoms with van der Waals surface area (Å²) in [5.74, 6) is 0.905. The summed E-state index contributed by atoms with van der Waals surface area (Å²) in [5.41, 5.74) is 3.31. The molecule has 0 bridgehead atoms. The molecule has 0 saturated carbocycles. The van der Waals surface area contributed by atoms with Crippen molar-refractivity contribution in [3.05, 3.63) is 37.8 Å². The zero-order chi connectivity index (χ0) is 12.4. The molecule has 90 valence electrons. The third-order valence-electron chi connectivity index (χ3n) is 2.67. The van der Waals surface area contributed by atoms with Gasteiger partial charge in [0, 0.05) is 23.1 Å². The Labute approximate surface area is 110 Å². The first-order chi connectivity index (χ1) is 8.10. The van der Waals surface area contributed by atoms with Gasteiger partial charge in [-0.05, 0) is 20.3 Å². The Balaban J connectivity index is 2.33. The molecule has 2 aromatic rings. The lowest BCUT2D eigenvalue weighted by Gasteiger charge is -2.06. The zero-order valence-electron chi connectivity index (χ0n) is 10.2. The van der Waals surface area contributed by atoms with Crippen LogP contribution in [-0.2, 0) is 12.8 Å². The van der Waals surface area contributed by atoms with Crippen LogP contribution in [0.4, 0.5) is 0 Å². The van der Waals surface area contributed by atoms with E-state index in [0.717, 1.165) is 34.9 Å². The fourth-order valence-corrected chi connectivity index (χ4v) is 2.58. The summed E-state index contributed by atoms with van der Waals surface area (Å²) in [6.45, 7) is 6.14. The second kappa shape index (κ2) is 5.06. The Morgan fingerprint density at radius 1 is 1.35 bits per heavy atom. The van der Waals surface area contributed by atoms with E-state index in [1.807, 2.05) is 13.8 Å². The number of aromatic amines is 1. The Hall–Kier alpha value is -1.07. The molecular weight excluding hydrogens is 250 g/mol. The number of H-pyrrole nitrogens is 1. The van der Waals surface area contributed by atoms with Crippen LogP contribution in [0.5, 0.6) is 0 Å². The lowest BCUT2D eigenvalue weighted by atomic mass is 10.2. The van der Waals surface area contributed by atoms with Gasteiger partial charge in [-0.25, -0.2) is 9.97 Å². The van der Waals surface area contributed by atoms with Crippen molar-refractivity contribution in [3.63, 3.8) is 0 Å². The monoisotopic (exact) mass is 265 g/mol. The average molecular weight is 265 g/mol. The van der Waals surface area contributed by atoms with Gasteiger partial charge in [-0.2, -0.15) is 0 Å². The molecule has 0 saturated heterocycles. The predicted octanol–water partition coefficient (Wildman–Crippen LogP) is 3.37. The first-order valence-electron chi connectivity index (χ1n) is 5.59. The van der Waals surface area contributed by atoms with Crippen LogP contribution in [0.15, 0.2) is 5.38 Å². The number of nitrogens with zero attached hydrogens (tertiary/aromatic N) is 2. The Kier molecular flexibility index (Phi) is 3.69. The molecule has 0 fully saturated rings. The van der Waals surface area contributed by atoms with Crippen LogP contribution in [0.2, 0.25) is 0 Å². The van der Waals surface area contributed by atoms with Crippen LogP contribution in [0, 0.1) is 18.5 Å². The molecule has 0 radical (unpaired) electrons. The van der Waals surface area contributed by atoms with Gasteiger partial charge in [-0.15, -0.1) is 11.3 Å². The standard InChI is InChI=1S/C12H15N3S2/c1-4-10-7(2)12(16)15-11(14-10)5-9-6-17-8(3)13-9/h6H,4-5H2,1-3H3,(H,14,15,16). The molecule has 1 N–H and O–H groups in total. The second-order valence-corrected chi connectivity index (χ2v) is 5.43. The Morgan fingerprint density at radius 3 is 2.71 bits per heavy atom. The van der Waals surface area contributed by atoms with Gasteiger partial charge < -0.3 is 4.98 Å². The van der Waals surface area contributed by atoms with E-state index in [1.54, 1.807) is 11.3 Å². The maximum atomic E-state index is 5.27. The van der Waals surface area contributed by atoms with Crippen LogP contribution in [0.1, 0.15) is 34.7 Å². The van der Waals surface area contributed by atoms with Crippen LogP contribution in [-0.4, -0.2) is 15.0 Å². The number of aromatic nitrogens is 3. The number of thiazole rings is 1. The largest absolute Gasteiger partial charge is 0.347 e. The molecule has 2 heterocycles. The van der Waals surface area contributed by atoms with E-state index in [4.69, 9.17) is 12.2 Å². The molecule has 2 aromatic heterocycles. The fourth-order valence-electron chi connectivity index (χ4n) is 1.73. The van der Waals surface area contributed by atoms with E-state index in [0.29, 0.717) is 4.64 Å². The average Bonchev–Trinajstić information content (AvgIpc) is 2.69. The minimum atomic E-state index is 0.697. The quantitative estimate of drug-likeness (QED) is 0.865. The van der Waals surface area contributed by atoms with Crippen molar-refractivity contribution < 1.29 is 0 Å². The molecule has 17 heavy (non-hydrogen) atoms. The van der Waals surface area contributed by atoms with Gasteiger partial charge >= 0.3 is 0 Å². The van der Waals surface area contributed by atoms with E-state index in [9.17, 15) is 0 Å². The molecule has 0 spiro atoms. The van der Waals surface area contributed by atoms with Crippen molar-refractivity contribution in [2.75, 3.05) is 0 Å². The molecule has 0 aliphatic carbocycles. The van der Waals surface area contributed by atoms with E-state index < -0.39 is 0 Å². The van der Waals surface area contributed by atoms with Gasteiger partial charge in [0.05, 0.1) is 10.7 Å². The van der Waals surface area contributed by atoms with Crippen molar-refractivity contribution in [2.24, 2.45) is 0 Å². The van der Waals surface area contributed by atoms with Crippen LogP contribution in [0.3, 0.4) is 0 Å². The van der Waals surface area contributed by atoms with E-state index >= 15 is 0 Å². The molecule has 0 atom stereocenters. The topological polar surface area (TPSA) is 41.6 Å². The summed E-state index contributed by atoms with van der Waals surface area (Å²) in [6, 6.07) is 0. The fraction of sp³-hybridized carbons (Fsp3) is 0.417. The Bertz CT molecular complexity index is 584. The van der Waals surface area contributed by atoms with E-state index in [1.165, 1.54) is 5.69 Å². The predicted molar refractivity (Wildman–Crippen MR) is 73.2 cm³/mol. The molecular formula is C12H15N3S2. The first kappa shape index (κ1) is 12.4. The summed E-state index contributed by atoms with van der Waals surface area (Å²) in [7, 11) is 0. The van der Waals surface area contributed by atoms with Gasteiger partial charge in [-0.1, -0.05) is 19.1 Å². The number of aryl methyl sites for hydroxylation is 2. The highest BCUT2D eigenvalue weighted by atomic mass is 32.1. The van der Waals surface area contributed by atoms with Gasteiger partial charge in [0.2, 0.25) is 0 Å². The van der Waals surface area contributed by atoms with E-state index in [-0.39, 0.29) is 0 Å². The number of nitrogens with one attached hydrogen (secondary N) is 1. The summed E-state index contributed by atoms with van der Waals surface area (Å²) in [4.78, 5) is 12.2. The third-order valence-corrected chi connectivity index (χ3v) is 3.89. The van der Waals surface area contributed by atoms with Crippen molar-refractivity contribution in [1.29, 1.82) is 0 Å². The van der Waals surface area contributed by atoms with Crippen LogP contribution in [0.25, 0.3) is 0 Å². The molecule has 0 amide bonds. The van der Waals surface area contributed by atoms with E-state index in [2.05, 4.69) is 27.3 Å². The maximum Gasteiger partial charge on any atom is 0.132 e. The number of rotatable bonds is 3. The summed E-state index contributed by atoms with van der Waals surface area (Å²) >= 11 is 6.93. The lowest BCUT2D eigenvalue weighted by Crippen LogP contribution is -2.03. The minimum absolute atomic E-state index is 0.697. The Morgan fingerprint density at radius 2 is 2.12 bits per heavy atom. The van der Waals surface area contributed by atoms with Crippen molar-refractivity contribution in [2.45, 2.75) is 33.6 Å². The van der Waals surface area contributed by atoms with Gasteiger partial charge in [-0.3, -0.25) is 0 Å². The lowest BCUT2D eigenvalue weighted by molar-refractivity contribution is 0.870. The molecule has 0 aromatic carbocycles. The zero-order valence-corrected chi connectivity index (χ0v) is 11.8. The first-order valence-corrected chi connectivity index (χ1v) is 6.88. The summed E-state index contributed by atoms with van der Waals surface area (Å²) < 4.78 is 0.697. The second-order valence-electron chi connectivity index (χ2n) is 3.98. The molecule has 5 heteroatoms. The van der Waals surface area contributed by atoms with Gasteiger partial charge in [0.15, 0.2) is 0 Å². The van der Waals surface area contributed by atoms with Gasteiger partial charge in [0.25, 0.3) is 0 Å². The van der Waals surface area contributed by atoms with Crippen molar-refractivity contribution >= 4 is 23.6 Å². The molecule has 3 nitrogen and oxygen atoms in total. The smallest absolute Gasteiger partial charge is 0.132 e. The number of hydrogen-bond acceptors (Lipinski definition) is 4. The molecule has 2 rings (SSSR count). The van der Waals surface area contributed by atoms with Gasteiger partial charge in [0.1, 0.15) is 10.5 Å². The maximum absolute atomic E-state index is 5.27. The molecule has 0 aliphatic heterocycles. The highest BCUT2D eigenvalue weighted by Gasteiger charge is 2.06. The molecule has 0 unspecified atom stereocenters. The normalized spacial score (nSPS) is 10.8. The van der Waals surface area contributed by atoms with Crippen molar-refractivity contribution in [1.82, 2.24) is 15.0 Å². The summed E-state index contributed by atoms with van der Waals surface area (Å²) in [5, 5.41) is 3.15. The van der Waals surface area contributed by atoms with Crippen LogP contribution < -0.4 is 0 Å². The SMILES string of the molecule is CCc1[nH]c(Cc2csc(C)n2)nc(=S)c1C. The minimum Gasteiger partial charge on any atom is -0.347 e. The third kappa shape index (κ3) is 2.79. The molecule has 0 aliphatic rings. The highest BCUT2D eigenvalue weighted by Crippen LogP contribution is 2.13. The summed E-state index contributed by atoms with van der Waals surface area (Å²) in [6.07, 6.45) is 1.67. The van der Waals surface area contributed by atoms with Crippen molar-refractivity contribution in [3.8, 4) is 0 Å². The number of hydrogen-bond donors (Lipinski definition) is 1.